The zero-order valence-corrected chi connectivity index (χ0v) is 14.1. The minimum Gasteiger partial charge on any atom is -0.478 e. The van der Waals surface area contributed by atoms with Crippen molar-refractivity contribution in [3.63, 3.8) is 0 Å². The van der Waals surface area contributed by atoms with E-state index in [-0.39, 0.29) is 5.82 Å². The van der Waals surface area contributed by atoms with Crippen molar-refractivity contribution in [1.82, 2.24) is 15.6 Å². The summed E-state index contributed by atoms with van der Waals surface area (Å²) < 4.78 is 18.3. The van der Waals surface area contributed by atoms with Crippen molar-refractivity contribution < 1.29 is 9.13 Å². The molecule has 6 heteroatoms. The van der Waals surface area contributed by atoms with Gasteiger partial charge in [-0.05, 0) is 42.7 Å². The van der Waals surface area contributed by atoms with E-state index in [0.717, 1.165) is 17.5 Å². The zero-order valence-electron chi connectivity index (χ0n) is 14.1. The number of benzene rings is 1. The molecule has 0 aliphatic heterocycles. The highest BCUT2D eigenvalue weighted by atomic mass is 19.1. The number of nitrogens with one attached hydrogen (secondary N) is 2. The van der Waals surface area contributed by atoms with Crippen molar-refractivity contribution in [1.29, 1.82) is 0 Å². The topological polar surface area (TPSA) is 58.5 Å². The Morgan fingerprint density at radius 3 is 2.67 bits per heavy atom. The highest BCUT2D eigenvalue weighted by Gasteiger charge is 2.01. The van der Waals surface area contributed by atoms with Gasteiger partial charge in [-0.25, -0.2) is 9.37 Å². The van der Waals surface area contributed by atoms with Gasteiger partial charge in [-0.2, -0.15) is 0 Å². The maximum atomic E-state index is 12.9. The summed E-state index contributed by atoms with van der Waals surface area (Å²) in [6, 6.07) is 10.4. The molecule has 1 heterocycles. The molecule has 0 saturated carbocycles. The summed E-state index contributed by atoms with van der Waals surface area (Å²) in [6.45, 7) is 3.86. The number of rotatable bonds is 7. The second-order valence-electron chi connectivity index (χ2n) is 5.16. The van der Waals surface area contributed by atoms with Crippen LogP contribution in [-0.4, -0.2) is 31.1 Å². The van der Waals surface area contributed by atoms with E-state index in [2.05, 4.69) is 20.6 Å². The quantitative estimate of drug-likeness (QED) is 0.605. The van der Waals surface area contributed by atoms with Crippen LogP contribution in [-0.2, 0) is 13.0 Å². The van der Waals surface area contributed by atoms with Gasteiger partial charge in [-0.15, -0.1) is 0 Å². The third kappa shape index (κ3) is 5.87. The molecule has 0 unspecified atom stereocenters. The number of ether oxygens (including phenoxy) is 1. The number of guanidine groups is 1. The lowest BCUT2D eigenvalue weighted by Gasteiger charge is -2.12. The first-order valence-corrected chi connectivity index (χ1v) is 7.98. The second kappa shape index (κ2) is 9.50. The molecule has 1 aromatic carbocycles. The van der Waals surface area contributed by atoms with Crippen LogP contribution < -0.4 is 15.4 Å². The molecule has 2 aromatic rings. The molecule has 0 aliphatic carbocycles. The Balaban J connectivity index is 1.78. The molecule has 128 valence electrons. The van der Waals surface area contributed by atoms with Gasteiger partial charge in [0.05, 0.1) is 6.61 Å². The van der Waals surface area contributed by atoms with E-state index < -0.39 is 0 Å². The van der Waals surface area contributed by atoms with Crippen LogP contribution in [0.5, 0.6) is 5.88 Å². The molecule has 0 fully saturated rings. The highest BCUT2D eigenvalue weighted by molar-refractivity contribution is 5.79. The fourth-order valence-electron chi connectivity index (χ4n) is 2.17. The molecule has 0 atom stereocenters. The van der Waals surface area contributed by atoms with Crippen molar-refractivity contribution in [2.45, 2.75) is 19.9 Å². The Hall–Kier alpha value is -2.63. The van der Waals surface area contributed by atoms with Crippen LogP contribution >= 0.6 is 0 Å². The van der Waals surface area contributed by atoms with Crippen molar-refractivity contribution in [2.75, 3.05) is 20.2 Å². The van der Waals surface area contributed by atoms with Crippen LogP contribution in [0.25, 0.3) is 0 Å². The number of hydrogen-bond donors (Lipinski definition) is 2. The summed E-state index contributed by atoms with van der Waals surface area (Å²) in [6.07, 6.45) is 2.53. The number of hydrogen-bond acceptors (Lipinski definition) is 3. The summed E-state index contributed by atoms with van der Waals surface area (Å²) in [4.78, 5) is 8.34. The molecule has 24 heavy (non-hydrogen) atoms. The largest absolute Gasteiger partial charge is 0.478 e. The fraction of sp³-hybridized carbons (Fsp3) is 0.333. The van der Waals surface area contributed by atoms with Gasteiger partial charge in [0.25, 0.3) is 0 Å². The molecule has 0 radical (unpaired) electrons. The van der Waals surface area contributed by atoms with E-state index in [4.69, 9.17) is 4.74 Å². The summed E-state index contributed by atoms with van der Waals surface area (Å²) >= 11 is 0. The number of aliphatic imine (C=N–C) groups is 1. The summed E-state index contributed by atoms with van der Waals surface area (Å²) in [5.41, 5.74) is 2.14. The van der Waals surface area contributed by atoms with E-state index in [9.17, 15) is 4.39 Å². The lowest BCUT2D eigenvalue weighted by Crippen LogP contribution is -2.37. The maximum Gasteiger partial charge on any atom is 0.213 e. The van der Waals surface area contributed by atoms with E-state index >= 15 is 0 Å². The Morgan fingerprint density at radius 2 is 1.96 bits per heavy atom. The predicted molar refractivity (Wildman–Crippen MR) is 93.7 cm³/mol. The lowest BCUT2D eigenvalue weighted by atomic mass is 10.1. The molecule has 0 spiro atoms. The molecule has 1 aromatic heterocycles. The number of aromatic nitrogens is 1. The van der Waals surface area contributed by atoms with Crippen LogP contribution in [0.4, 0.5) is 4.39 Å². The molecule has 0 saturated heterocycles. The fourth-order valence-corrected chi connectivity index (χ4v) is 2.17. The Labute approximate surface area is 142 Å². The van der Waals surface area contributed by atoms with Crippen LogP contribution in [0.15, 0.2) is 47.6 Å². The van der Waals surface area contributed by atoms with Crippen LogP contribution in [0.2, 0.25) is 0 Å². The molecule has 2 N–H and O–H groups in total. The van der Waals surface area contributed by atoms with Crippen molar-refractivity contribution in [3.05, 3.63) is 59.5 Å². The van der Waals surface area contributed by atoms with Crippen LogP contribution in [0.1, 0.15) is 18.1 Å². The van der Waals surface area contributed by atoms with Crippen molar-refractivity contribution in [3.8, 4) is 5.88 Å². The predicted octanol–water partition coefficient (Wildman–Crippen LogP) is 2.53. The van der Waals surface area contributed by atoms with Crippen molar-refractivity contribution >= 4 is 5.96 Å². The van der Waals surface area contributed by atoms with Crippen LogP contribution in [0, 0.1) is 5.82 Å². The maximum absolute atomic E-state index is 12.9. The van der Waals surface area contributed by atoms with Gasteiger partial charge in [0.15, 0.2) is 5.96 Å². The van der Waals surface area contributed by atoms with Gasteiger partial charge in [0.1, 0.15) is 5.82 Å². The third-order valence-corrected chi connectivity index (χ3v) is 3.39. The van der Waals surface area contributed by atoms with E-state index in [1.54, 1.807) is 25.4 Å². The van der Waals surface area contributed by atoms with E-state index in [1.807, 2.05) is 19.1 Å². The molecule has 0 aliphatic rings. The average Bonchev–Trinajstić information content (AvgIpc) is 2.60. The zero-order chi connectivity index (χ0) is 17.2. The number of nitrogens with zero attached hydrogens (tertiary/aromatic N) is 2. The minimum atomic E-state index is -0.215. The summed E-state index contributed by atoms with van der Waals surface area (Å²) in [7, 11) is 1.73. The smallest absolute Gasteiger partial charge is 0.213 e. The minimum absolute atomic E-state index is 0.215. The van der Waals surface area contributed by atoms with E-state index in [1.165, 1.54) is 12.1 Å². The summed E-state index contributed by atoms with van der Waals surface area (Å²) in [5, 5.41) is 6.49. The molecule has 2 rings (SSSR count). The van der Waals surface area contributed by atoms with Crippen molar-refractivity contribution in [2.24, 2.45) is 4.99 Å². The number of halogens is 1. The van der Waals surface area contributed by atoms with E-state index in [0.29, 0.717) is 31.5 Å². The van der Waals surface area contributed by atoms with Gasteiger partial charge in [0, 0.05) is 32.4 Å². The number of pyridine rings is 1. The first-order valence-electron chi connectivity index (χ1n) is 7.98. The van der Waals surface area contributed by atoms with Gasteiger partial charge in [-0.1, -0.05) is 12.1 Å². The normalized spacial score (nSPS) is 11.2. The molecular formula is C18H23FN4O. The molecular weight excluding hydrogens is 307 g/mol. The van der Waals surface area contributed by atoms with Gasteiger partial charge < -0.3 is 15.4 Å². The SMILES string of the molecule is CCOc1cc(CNC(=NC)NCCc2ccc(F)cc2)ccn1. The monoisotopic (exact) mass is 330 g/mol. The Kier molecular flexibility index (Phi) is 7.01. The highest BCUT2D eigenvalue weighted by Crippen LogP contribution is 2.08. The molecule has 0 bridgehead atoms. The second-order valence-corrected chi connectivity index (χ2v) is 5.16. The van der Waals surface area contributed by atoms with Gasteiger partial charge in [0.2, 0.25) is 5.88 Å². The van der Waals surface area contributed by atoms with Crippen LogP contribution in [0.3, 0.4) is 0 Å². The molecule has 0 amide bonds. The Bertz CT molecular complexity index is 658. The average molecular weight is 330 g/mol. The first-order chi connectivity index (χ1) is 11.7. The van der Waals surface area contributed by atoms with Gasteiger partial charge in [-0.3, -0.25) is 4.99 Å². The Morgan fingerprint density at radius 1 is 1.17 bits per heavy atom. The van der Waals surface area contributed by atoms with Gasteiger partial charge >= 0.3 is 0 Å². The third-order valence-electron chi connectivity index (χ3n) is 3.39. The standard InChI is InChI=1S/C18H23FN4O/c1-3-24-17-12-15(9-10-21-17)13-23-18(20-2)22-11-8-14-4-6-16(19)7-5-14/h4-7,9-10,12H,3,8,11,13H2,1-2H3,(H2,20,22,23). The first kappa shape index (κ1) is 17.7. The lowest BCUT2D eigenvalue weighted by molar-refractivity contribution is 0.326. The summed E-state index contributed by atoms with van der Waals surface area (Å²) in [5.74, 6) is 1.12. The molecule has 5 nitrogen and oxygen atoms in total.